The molecule has 4 rings (SSSR count). The zero-order valence-corrected chi connectivity index (χ0v) is 11.3. The molecule has 4 heteroatoms. The maximum absolute atomic E-state index is 12.1. The number of carbonyl (C=O) groups excluding carboxylic acids is 2. The molecule has 0 unspecified atom stereocenters. The van der Waals surface area contributed by atoms with E-state index in [1.54, 1.807) is 0 Å². The zero-order valence-electron chi connectivity index (χ0n) is 11.3. The van der Waals surface area contributed by atoms with Crippen molar-refractivity contribution in [2.24, 2.45) is 35.5 Å². The van der Waals surface area contributed by atoms with Gasteiger partial charge in [0.2, 0.25) is 0 Å². The molecule has 0 amide bonds. The average Bonchev–Trinajstić information content (AvgIpc) is 2.42. The van der Waals surface area contributed by atoms with E-state index in [-0.39, 0.29) is 23.8 Å². The van der Waals surface area contributed by atoms with Crippen LogP contribution in [0.4, 0.5) is 0 Å². The van der Waals surface area contributed by atoms with Crippen molar-refractivity contribution in [3.05, 3.63) is 23.8 Å². The van der Waals surface area contributed by atoms with Crippen molar-refractivity contribution in [1.29, 1.82) is 0 Å². The highest BCUT2D eigenvalue weighted by atomic mass is 16.5. The fraction of sp³-hybridized carbons (Fsp3) is 0.600. The van der Waals surface area contributed by atoms with Crippen LogP contribution in [-0.2, 0) is 19.1 Å². The van der Waals surface area contributed by atoms with Gasteiger partial charge in [-0.25, -0.2) is 0 Å². The maximum atomic E-state index is 12.1. The number of methoxy groups -OCH3 is 2. The standard InChI is InChI=1S/C15H18O4/c1-7-6-10-8-4-5-9(11(7)10)13(15(17)19-3)12(8)14(16)18-2/h4-6,8-13H,1-3H3/t8-,9-,10-,11-,12+,13+/m0/s1. The lowest BCUT2D eigenvalue weighted by Crippen LogP contribution is -2.56. The monoisotopic (exact) mass is 262 g/mol. The zero-order chi connectivity index (χ0) is 13.7. The minimum Gasteiger partial charge on any atom is -0.469 e. The third-order valence-electron chi connectivity index (χ3n) is 4.97. The Morgan fingerprint density at radius 1 is 0.947 bits per heavy atom. The molecule has 2 bridgehead atoms. The molecule has 4 aliphatic rings. The van der Waals surface area contributed by atoms with Crippen molar-refractivity contribution >= 4 is 11.9 Å². The first-order chi connectivity index (χ1) is 9.10. The summed E-state index contributed by atoms with van der Waals surface area (Å²) in [6.45, 7) is 2.09. The van der Waals surface area contributed by atoms with Crippen molar-refractivity contribution in [2.75, 3.05) is 14.2 Å². The minimum absolute atomic E-state index is 0.0650. The van der Waals surface area contributed by atoms with E-state index < -0.39 is 11.8 Å². The van der Waals surface area contributed by atoms with Gasteiger partial charge in [-0.05, 0) is 30.6 Å². The Hall–Kier alpha value is -1.58. The van der Waals surface area contributed by atoms with E-state index >= 15 is 0 Å². The molecule has 19 heavy (non-hydrogen) atoms. The number of hydrogen-bond donors (Lipinski definition) is 0. The number of allylic oxidation sites excluding steroid dienone is 4. The SMILES string of the molecule is COC(=O)[C@@H]1[C@H]2C=C[C@@H]([C@@H]3C(C)=C[C@@H]23)[C@H]1C(=O)OC. The fourth-order valence-electron chi connectivity index (χ4n) is 4.18. The van der Waals surface area contributed by atoms with Crippen molar-refractivity contribution in [1.82, 2.24) is 0 Å². The van der Waals surface area contributed by atoms with Crippen LogP contribution < -0.4 is 0 Å². The van der Waals surface area contributed by atoms with Crippen molar-refractivity contribution in [3.63, 3.8) is 0 Å². The van der Waals surface area contributed by atoms with Gasteiger partial charge in [-0.1, -0.05) is 23.8 Å². The highest BCUT2D eigenvalue weighted by Crippen LogP contribution is 2.59. The Kier molecular flexibility index (Phi) is 2.77. The van der Waals surface area contributed by atoms with Crippen LogP contribution in [0.5, 0.6) is 0 Å². The van der Waals surface area contributed by atoms with E-state index in [4.69, 9.17) is 9.47 Å². The van der Waals surface area contributed by atoms with Crippen molar-refractivity contribution < 1.29 is 19.1 Å². The molecule has 0 heterocycles. The van der Waals surface area contributed by atoms with E-state index in [9.17, 15) is 9.59 Å². The molecule has 0 aromatic rings. The van der Waals surface area contributed by atoms with Crippen LogP contribution in [0.1, 0.15) is 6.92 Å². The molecule has 4 aliphatic carbocycles. The molecule has 0 spiro atoms. The molecule has 0 saturated heterocycles. The Morgan fingerprint density at radius 3 is 2.00 bits per heavy atom. The number of fused-ring (bicyclic) bond motifs is 1. The molecule has 0 aromatic heterocycles. The lowest BCUT2D eigenvalue weighted by atomic mass is 9.47. The predicted octanol–water partition coefficient (Wildman–Crippen LogP) is 1.57. The number of esters is 2. The second kappa shape index (κ2) is 4.22. The summed E-state index contributed by atoms with van der Waals surface area (Å²) >= 11 is 0. The van der Waals surface area contributed by atoms with Crippen LogP contribution in [0.15, 0.2) is 23.8 Å². The van der Waals surface area contributed by atoms with E-state index in [2.05, 4.69) is 25.2 Å². The summed E-state index contributed by atoms with van der Waals surface area (Å²) in [6, 6.07) is 0. The summed E-state index contributed by atoms with van der Waals surface area (Å²) in [7, 11) is 2.76. The first-order valence-electron chi connectivity index (χ1n) is 6.62. The van der Waals surface area contributed by atoms with Gasteiger partial charge >= 0.3 is 11.9 Å². The summed E-state index contributed by atoms with van der Waals surface area (Å²) in [5.74, 6) is -0.513. The Labute approximate surface area is 112 Å². The molecule has 4 nitrogen and oxygen atoms in total. The molecular weight excluding hydrogens is 244 g/mol. The largest absolute Gasteiger partial charge is 0.469 e. The quantitative estimate of drug-likeness (QED) is 0.560. The number of ether oxygens (including phenoxy) is 2. The fourth-order valence-corrected chi connectivity index (χ4v) is 4.18. The topological polar surface area (TPSA) is 52.6 Å². The number of rotatable bonds is 2. The molecule has 1 fully saturated rings. The van der Waals surface area contributed by atoms with Crippen LogP contribution in [0.2, 0.25) is 0 Å². The summed E-state index contributed by atoms with van der Waals surface area (Å²) in [5, 5.41) is 0. The van der Waals surface area contributed by atoms with Crippen LogP contribution >= 0.6 is 0 Å². The molecule has 0 radical (unpaired) electrons. The van der Waals surface area contributed by atoms with Crippen LogP contribution in [0.3, 0.4) is 0 Å². The van der Waals surface area contributed by atoms with Crippen LogP contribution in [0.25, 0.3) is 0 Å². The second-order valence-electron chi connectivity index (χ2n) is 5.65. The summed E-state index contributed by atoms with van der Waals surface area (Å²) in [5.41, 5.74) is 1.32. The third-order valence-corrected chi connectivity index (χ3v) is 4.97. The Morgan fingerprint density at radius 2 is 1.47 bits per heavy atom. The third kappa shape index (κ3) is 1.52. The predicted molar refractivity (Wildman–Crippen MR) is 67.9 cm³/mol. The lowest BCUT2D eigenvalue weighted by Gasteiger charge is -2.55. The maximum Gasteiger partial charge on any atom is 0.310 e. The first kappa shape index (κ1) is 12.5. The normalized spacial score (nSPS) is 41.9. The highest BCUT2D eigenvalue weighted by molar-refractivity contribution is 5.84. The molecule has 0 N–H and O–H groups in total. The van der Waals surface area contributed by atoms with E-state index in [1.807, 2.05) is 0 Å². The van der Waals surface area contributed by atoms with Gasteiger partial charge in [-0.2, -0.15) is 0 Å². The van der Waals surface area contributed by atoms with Gasteiger partial charge in [-0.3, -0.25) is 9.59 Å². The van der Waals surface area contributed by atoms with Gasteiger partial charge < -0.3 is 9.47 Å². The van der Waals surface area contributed by atoms with Crippen LogP contribution in [-0.4, -0.2) is 26.2 Å². The van der Waals surface area contributed by atoms with Crippen molar-refractivity contribution in [3.8, 4) is 0 Å². The smallest absolute Gasteiger partial charge is 0.310 e. The molecule has 0 aliphatic heterocycles. The van der Waals surface area contributed by atoms with E-state index in [0.29, 0.717) is 11.8 Å². The first-order valence-corrected chi connectivity index (χ1v) is 6.62. The molecule has 6 atom stereocenters. The number of carbonyl (C=O) groups is 2. The van der Waals surface area contributed by atoms with E-state index in [0.717, 1.165) is 0 Å². The van der Waals surface area contributed by atoms with Gasteiger partial charge in [0.05, 0.1) is 26.1 Å². The summed E-state index contributed by atoms with van der Waals surface area (Å²) in [6.07, 6.45) is 6.38. The molecule has 1 saturated carbocycles. The molecule has 0 aromatic carbocycles. The van der Waals surface area contributed by atoms with Gasteiger partial charge in [0.1, 0.15) is 0 Å². The van der Waals surface area contributed by atoms with E-state index in [1.165, 1.54) is 19.8 Å². The van der Waals surface area contributed by atoms with Gasteiger partial charge in [0.25, 0.3) is 0 Å². The highest BCUT2D eigenvalue weighted by Gasteiger charge is 2.59. The minimum atomic E-state index is -0.405. The summed E-state index contributed by atoms with van der Waals surface area (Å²) < 4.78 is 9.81. The van der Waals surface area contributed by atoms with Gasteiger partial charge in [0.15, 0.2) is 0 Å². The Balaban J connectivity index is 2.01. The van der Waals surface area contributed by atoms with Crippen LogP contribution in [0, 0.1) is 35.5 Å². The number of hydrogen-bond acceptors (Lipinski definition) is 4. The molecule has 102 valence electrons. The Bertz CT molecular complexity index is 490. The van der Waals surface area contributed by atoms with Gasteiger partial charge in [0, 0.05) is 0 Å². The lowest BCUT2D eigenvalue weighted by molar-refractivity contribution is -0.168. The average molecular weight is 262 g/mol. The summed E-state index contributed by atoms with van der Waals surface area (Å²) in [4.78, 5) is 24.1. The van der Waals surface area contributed by atoms with Crippen molar-refractivity contribution in [2.45, 2.75) is 6.92 Å². The molecular formula is C15H18O4. The second-order valence-corrected chi connectivity index (χ2v) is 5.65. The van der Waals surface area contributed by atoms with Gasteiger partial charge in [-0.15, -0.1) is 0 Å².